The summed E-state index contributed by atoms with van der Waals surface area (Å²) in [6, 6.07) is 5.83. The van der Waals surface area contributed by atoms with Crippen molar-refractivity contribution in [1.82, 2.24) is 14.5 Å². The molecule has 1 fully saturated rings. The Hall–Kier alpha value is -2.01. The Balaban J connectivity index is 1.48. The van der Waals surface area contributed by atoms with Gasteiger partial charge in [-0.1, -0.05) is 0 Å². The van der Waals surface area contributed by atoms with E-state index in [0.717, 1.165) is 32.6 Å². The van der Waals surface area contributed by atoms with Crippen molar-refractivity contribution in [2.24, 2.45) is 0 Å². The van der Waals surface area contributed by atoms with E-state index >= 15 is 0 Å². The molecule has 1 saturated heterocycles. The zero-order chi connectivity index (χ0) is 17.6. The van der Waals surface area contributed by atoms with Gasteiger partial charge in [0.1, 0.15) is 11.6 Å². The average molecular weight is 343 g/mol. The second kappa shape index (κ2) is 8.39. The lowest BCUT2D eigenvalue weighted by Gasteiger charge is -2.32. The standard InChI is InChI=1S/C20H26FN3O/c1-2-24-14-11-22-20(24)17-5-3-12-23(15-17)13-4-6-19(25)16-7-9-18(21)10-8-16/h7-11,14,17H,2-6,12-13,15H2,1H3. The van der Waals surface area contributed by atoms with Crippen molar-refractivity contribution in [2.75, 3.05) is 19.6 Å². The summed E-state index contributed by atoms with van der Waals surface area (Å²) in [5.41, 5.74) is 0.600. The number of benzene rings is 1. The maximum absolute atomic E-state index is 12.9. The fraction of sp³-hybridized carbons (Fsp3) is 0.500. The number of nitrogens with zero attached hydrogens (tertiary/aromatic N) is 3. The highest BCUT2D eigenvalue weighted by Crippen LogP contribution is 2.26. The van der Waals surface area contributed by atoms with Crippen LogP contribution in [0.25, 0.3) is 0 Å². The number of hydrogen-bond acceptors (Lipinski definition) is 3. The molecule has 5 heteroatoms. The molecular weight excluding hydrogens is 317 g/mol. The van der Waals surface area contributed by atoms with E-state index in [1.165, 1.54) is 30.8 Å². The number of carbonyl (C=O) groups is 1. The van der Waals surface area contributed by atoms with Crippen LogP contribution in [0.4, 0.5) is 4.39 Å². The fourth-order valence-corrected chi connectivity index (χ4v) is 3.66. The summed E-state index contributed by atoms with van der Waals surface area (Å²) in [4.78, 5) is 19.2. The van der Waals surface area contributed by atoms with E-state index < -0.39 is 0 Å². The number of aromatic nitrogens is 2. The molecule has 1 aromatic heterocycles. The molecular formula is C20H26FN3O. The summed E-state index contributed by atoms with van der Waals surface area (Å²) in [5.74, 6) is 1.46. The van der Waals surface area contributed by atoms with Crippen molar-refractivity contribution in [3.63, 3.8) is 0 Å². The molecule has 134 valence electrons. The molecule has 3 rings (SSSR count). The fourth-order valence-electron chi connectivity index (χ4n) is 3.66. The highest BCUT2D eigenvalue weighted by molar-refractivity contribution is 5.95. The first-order chi connectivity index (χ1) is 12.2. The summed E-state index contributed by atoms with van der Waals surface area (Å²) in [6.07, 6.45) is 7.64. The zero-order valence-corrected chi connectivity index (χ0v) is 14.8. The van der Waals surface area contributed by atoms with Gasteiger partial charge in [0, 0.05) is 43.4 Å². The molecule has 1 aliphatic rings. The van der Waals surface area contributed by atoms with Crippen molar-refractivity contribution < 1.29 is 9.18 Å². The maximum Gasteiger partial charge on any atom is 0.162 e. The molecule has 1 aliphatic heterocycles. The van der Waals surface area contributed by atoms with E-state index in [4.69, 9.17) is 0 Å². The van der Waals surface area contributed by atoms with Crippen molar-refractivity contribution in [3.05, 3.63) is 53.9 Å². The van der Waals surface area contributed by atoms with Crippen molar-refractivity contribution in [3.8, 4) is 0 Å². The summed E-state index contributed by atoms with van der Waals surface area (Å²) >= 11 is 0. The second-order valence-corrected chi connectivity index (χ2v) is 6.74. The van der Waals surface area contributed by atoms with Crippen molar-refractivity contribution in [2.45, 2.75) is 45.1 Å². The Labute approximate surface area is 148 Å². The molecule has 1 unspecified atom stereocenters. The lowest BCUT2D eigenvalue weighted by Crippen LogP contribution is -2.36. The molecule has 2 heterocycles. The number of Topliss-reactive ketones (excluding diaryl/α,β-unsaturated/α-hetero) is 1. The summed E-state index contributed by atoms with van der Waals surface area (Å²) in [5, 5.41) is 0. The van der Waals surface area contributed by atoms with Gasteiger partial charge in [-0.25, -0.2) is 9.37 Å². The predicted molar refractivity (Wildman–Crippen MR) is 96.3 cm³/mol. The molecule has 0 amide bonds. The molecule has 25 heavy (non-hydrogen) atoms. The minimum atomic E-state index is -0.304. The molecule has 0 radical (unpaired) electrons. The molecule has 1 aromatic carbocycles. The topological polar surface area (TPSA) is 38.1 Å². The number of halogens is 1. The molecule has 1 atom stereocenters. The van der Waals surface area contributed by atoms with E-state index in [2.05, 4.69) is 27.6 Å². The third-order valence-electron chi connectivity index (χ3n) is 5.00. The molecule has 0 saturated carbocycles. The number of piperidine rings is 1. The molecule has 2 aromatic rings. The number of ketones is 1. The normalized spacial score (nSPS) is 18.4. The van der Waals surface area contributed by atoms with E-state index in [1.807, 2.05) is 6.20 Å². The minimum Gasteiger partial charge on any atom is -0.335 e. The first-order valence-corrected chi connectivity index (χ1v) is 9.19. The van der Waals surface area contributed by atoms with Gasteiger partial charge in [0.05, 0.1) is 0 Å². The van der Waals surface area contributed by atoms with Gasteiger partial charge in [-0.15, -0.1) is 0 Å². The number of carbonyl (C=O) groups excluding carboxylic acids is 1. The van der Waals surface area contributed by atoms with Crippen LogP contribution in [-0.4, -0.2) is 39.9 Å². The highest BCUT2D eigenvalue weighted by atomic mass is 19.1. The van der Waals surface area contributed by atoms with Gasteiger partial charge < -0.3 is 9.47 Å². The van der Waals surface area contributed by atoms with Crippen LogP contribution in [0.15, 0.2) is 36.7 Å². The van der Waals surface area contributed by atoms with Crippen LogP contribution in [0.3, 0.4) is 0 Å². The number of aryl methyl sites for hydroxylation is 1. The van der Waals surface area contributed by atoms with Gasteiger partial charge in [0.15, 0.2) is 5.78 Å². The van der Waals surface area contributed by atoms with Crippen LogP contribution >= 0.6 is 0 Å². The number of rotatable bonds is 7. The molecule has 4 nitrogen and oxygen atoms in total. The van der Waals surface area contributed by atoms with Gasteiger partial charge in [0.2, 0.25) is 0 Å². The summed E-state index contributed by atoms with van der Waals surface area (Å²) in [7, 11) is 0. The Morgan fingerprint density at radius 3 is 2.88 bits per heavy atom. The number of imidazole rings is 1. The van der Waals surface area contributed by atoms with Gasteiger partial charge >= 0.3 is 0 Å². The first-order valence-electron chi connectivity index (χ1n) is 9.19. The first kappa shape index (κ1) is 17.8. The Bertz CT molecular complexity index is 695. The van der Waals surface area contributed by atoms with E-state index in [9.17, 15) is 9.18 Å². The average Bonchev–Trinajstić information content (AvgIpc) is 3.11. The van der Waals surface area contributed by atoms with Crippen LogP contribution in [0, 0.1) is 5.82 Å². The predicted octanol–water partition coefficient (Wildman–Crippen LogP) is 3.88. The van der Waals surface area contributed by atoms with E-state index in [0.29, 0.717) is 17.9 Å². The van der Waals surface area contributed by atoms with Crippen LogP contribution in [0.5, 0.6) is 0 Å². The highest BCUT2D eigenvalue weighted by Gasteiger charge is 2.24. The third kappa shape index (κ3) is 4.54. The lowest BCUT2D eigenvalue weighted by molar-refractivity contribution is 0.0971. The lowest BCUT2D eigenvalue weighted by atomic mass is 9.96. The largest absolute Gasteiger partial charge is 0.335 e. The second-order valence-electron chi connectivity index (χ2n) is 6.74. The van der Waals surface area contributed by atoms with Gasteiger partial charge in [-0.2, -0.15) is 0 Å². The Morgan fingerprint density at radius 2 is 2.12 bits per heavy atom. The molecule has 0 N–H and O–H groups in total. The molecule has 0 aliphatic carbocycles. The van der Waals surface area contributed by atoms with Gasteiger partial charge in [-0.3, -0.25) is 4.79 Å². The van der Waals surface area contributed by atoms with Crippen molar-refractivity contribution in [1.29, 1.82) is 0 Å². The molecule has 0 spiro atoms. The Kier molecular flexibility index (Phi) is 5.97. The van der Waals surface area contributed by atoms with Crippen LogP contribution in [0.2, 0.25) is 0 Å². The van der Waals surface area contributed by atoms with Crippen LogP contribution < -0.4 is 0 Å². The smallest absolute Gasteiger partial charge is 0.162 e. The number of hydrogen-bond donors (Lipinski definition) is 0. The van der Waals surface area contributed by atoms with Crippen LogP contribution in [-0.2, 0) is 6.54 Å². The minimum absolute atomic E-state index is 0.0927. The van der Waals surface area contributed by atoms with E-state index in [1.54, 1.807) is 12.1 Å². The monoisotopic (exact) mass is 343 g/mol. The van der Waals surface area contributed by atoms with Crippen LogP contribution in [0.1, 0.15) is 54.7 Å². The molecule has 0 bridgehead atoms. The SMILES string of the molecule is CCn1ccnc1C1CCCN(CCCC(=O)c2ccc(F)cc2)C1. The van der Waals surface area contributed by atoms with E-state index in [-0.39, 0.29) is 11.6 Å². The van der Waals surface area contributed by atoms with Gasteiger partial charge in [-0.05, 0) is 63.5 Å². The third-order valence-corrected chi connectivity index (χ3v) is 5.00. The zero-order valence-electron chi connectivity index (χ0n) is 14.8. The summed E-state index contributed by atoms with van der Waals surface area (Å²) in [6.45, 7) is 6.14. The van der Waals surface area contributed by atoms with Crippen molar-refractivity contribution >= 4 is 5.78 Å². The quantitative estimate of drug-likeness (QED) is 0.716. The number of likely N-dealkylation sites (tertiary alicyclic amines) is 1. The van der Waals surface area contributed by atoms with Gasteiger partial charge in [0.25, 0.3) is 0 Å². The maximum atomic E-state index is 12.9. The summed E-state index contributed by atoms with van der Waals surface area (Å²) < 4.78 is 15.2. The Morgan fingerprint density at radius 1 is 1.32 bits per heavy atom.